The zero-order valence-corrected chi connectivity index (χ0v) is 18.2. The standard InChI is InChI=1S/C24H36N2O3/c1-4-5-6-9-19-16-21(27)23(20-10-7-8-18(2)15-20)22(17-19)29-24(28)26-13-11-25(3)12-14-26/h15-17,20,27H,4-14H2,1-3H3/t20-/m0/s1. The molecule has 0 radical (unpaired) electrons. The van der Waals surface area contributed by atoms with Crippen molar-refractivity contribution in [1.82, 2.24) is 9.80 Å². The lowest BCUT2D eigenvalue weighted by atomic mass is 9.84. The molecule has 0 unspecified atom stereocenters. The number of phenols is 1. The molecular formula is C24H36N2O3. The van der Waals surface area contributed by atoms with E-state index in [-0.39, 0.29) is 17.8 Å². The minimum absolute atomic E-state index is 0.101. The minimum atomic E-state index is -0.305. The molecule has 1 aromatic rings. The van der Waals surface area contributed by atoms with E-state index in [2.05, 4.69) is 31.9 Å². The van der Waals surface area contributed by atoms with E-state index in [1.54, 1.807) is 4.90 Å². The Morgan fingerprint density at radius 2 is 1.97 bits per heavy atom. The number of carbonyl (C=O) groups excluding carboxylic acids is 1. The number of aromatic hydroxyl groups is 1. The van der Waals surface area contributed by atoms with Gasteiger partial charge in [-0.3, -0.25) is 0 Å². The largest absolute Gasteiger partial charge is 0.507 e. The molecule has 1 N–H and O–H groups in total. The molecule has 1 aliphatic heterocycles. The summed E-state index contributed by atoms with van der Waals surface area (Å²) < 4.78 is 5.92. The van der Waals surface area contributed by atoms with Gasteiger partial charge in [0.05, 0.1) is 0 Å². The molecule has 0 bridgehead atoms. The fourth-order valence-electron chi connectivity index (χ4n) is 4.33. The second-order valence-corrected chi connectivity index (χ2v) is 8.65. The number of nitrogens with zero attached hydrogens (tertiary/aromatic N) is 2. The molecule has 0 spiro atoms. The predicted molar refractivity (Wildman–Crippen MR) is 117 cm³/mol. The highest BCUT2D eigenvalue weighted by Crippen LogP contribution is 2.42. The monoisotopic (exact) mass is 400 g/mol. The van der Waals surface area contributed by atoms with Gasteiger partial charge in [0, 0.05) is 37.7 Å². The first-order chi connectivity index (χ1) is 14.0. The van der Waals surface area contributed by atoms with Gasteiger partial charge in [0.1, 0.15) is 11.5 Å². The first-order valence-corrected chi connectivity index (χ1v) is 11.2. The van der Waals surface area contributed by atoms with Gasteiger partial charge in [-0.1, -0.05) is 31.4 Å². The maximum absolute atomic E-state index is 12.8. The summed E-state index contributed by atoms with van der Waals surface area (Å²) in [5.74, 6) is 0.899. The first-order valence-electron chi connectivity index (χ1n) is 11.2. The molecule has 5 nitrogen and oxygen atoms in total. The highest BCUT2D eigenvalue weighted by Gasteiger charge is 2.26. The van der Waals surface area contributed by atoms with Crippen LogP contribution < -0.4 is 4.74 Å². The number of amides is 1. The molecule has 0 saturated carbocycles. The Bertz CT molecular complexity index is 736. The molecule has 1 atom stereocenters. The average Bonchev–Trinajstić information content (AvgIpc) is 2.68. The van der Waals surface area contributed by atoms with Crippen molar-refractivity contribution >= 4 is 6.09 Å². The molecule has 2 aliphatic rings. The van der Waals surface area contributed by atoms with E-state index in [9.17, 15) is 9.90 Å². The lowest BCUT2D eigenvalue weighted by Crippen LogP contribution is -2.48. The molecule has 160 valence electrons. The Morgan fingerprint density at radius 3 is 2.66 bits per heavy atom. The van der Waals surface area contributed by atoms with Gasteiger partial charge in [-0.05, 0) is 63.8 Å². The molecule has 1 amide bonds. The van der Waals surface area contributed by atoms with E-state index in [1.165, 1.54) is 5.57 Å². The maximum atomic E-state index is 12.8. The van der Waals surface area contributed by atoms with E-state index < -0.39 is 0 Å². The lowest BCUT2D eigenvalue weighted by Gasteiger charge is -2.32. The third kappa shape index (κ3) is 5.75. The number of ether oxygens (including phenoxy) is 1. The summed E-state index contributed by atoms with van der Waals surface area (Å²) in [4.78, 5) is 16.8. The number of hydrogen-bond donors (Lipinski definition) is 1. The van der Waals surface area contributed by atoms with E-state index in [1.807, 2.05) is 12.1 Å². The molecule has 1 heterocycles. The second kappa shape index (κ2) is 10.1. The van der Waals surface area contributed by atoms with Gasteiger partial charge >= 0.3 is 6.09 Å². The number of benzene rings is 1. The van der Waals surface area contributed by atoms with Crippen LogP contribution in [0.15, 0.2) is 23.8 Å². The van der Waals surface area contributed by atoms with Crippen LogP contribution in [0.2, 0.25) is 0 Å². The SMILES string of the molecule is CCCCCc1cc(O)c([C@@H]2C=C(C)CCC2)c(OC(=O)N2CCN(C)CC2)c1. The molecule has 1 saturated heterocycles. The fourth-order valence-corrected chi connectivity index (χ4v) is 4.33. The van der Waals surface area contributed by atoms with E-state index in [4.69, 9.17) is 4.74 Å². The van der Waals surface area contributed by atoms with Crippen molar-refractivity contribution in [3.63, 3.8) is 0 Å². The number of piperazine rings is 1. The van der Waals surface area contributed by atoms with E-state index >= 15 is 0 Å². The number of unbranched alkanes of at least 4 members (excludes halogenated alkanes) is 2. The summed E-state index contributed by atoms with van der Waals surface area (Å²) >= 11 is 0. The van der Waals surface area contributed by atoms with Crippen molar-refractivity contribution in [2.45, 2.75) is 64.7 Å². The highest BCUT2D eigenvalue weighted by atomic mass is 16.6. The van der Waals surface area contributed by atoms with E-state index in [0.717, 1.165) is 69.2 Å². The van der Waals surface area contributed by atoms with Crippen molar-refractivity contribution in [1.29, 1.82) is 0 Å². The van der Waals surface area contributed by atoms with Crippen molar-refractivity contribution in [3.8, 4) is 11.5 Å². The first kappa shape index (κ1) is 21.7. The van der Waals surface area contributed by atoms with Gasteiger partial charge in [0.15, 0.2) is 0 Å². The van der Waals surface area contributed by atoms with Gasteiger partial charge in [-0.25, -0.2) is 4.79 Å². The quantitative estimate of drug-likeness (QED) is 0.534. The number of carbonyl (C=O) groups is 1. The Hall–Kier alpha value is -2.01. The molecule has 29 heavy (non-hydrogen) atoms. The number of rotatable bonds is 6. The topological polar surface area (TPSA) is 53.0 Å². The van der Waals surface area contributed by atoms with Crippen molar-refractivity contribution in [2.75, 3.05) is 33.2 Å². The van der Waals surface area contributed by atoms with Crippen LogP contribution in [0.25, 0.3) is 0 Å². The van der Waals surface area contributed by atoms with Crippen LogP contribution in [-0.2, 0) is 6.42 Å². The summed E-state index contributed by atoms with van der Waals surface area (Å²) in [5, 5.41) is 10.9. The summed E-state index contributed by atoms with van der Waals surface area (Å²) in [5.41, 5.74) is 3.15. The molecule has 1 fully saturated rings. The molecule has 0 aromatic heterocycles. The van der Waals surface area contributed by atoms with Crippen LogP contribution in [-0.4, -0.2) is 54.2 Å². The van der Waals surface area contributed by atoms with Crippen LogP contribution in [0.3, 0.4) is 0 Å². The zero-order valence-electron chi connectivity index (χ0n) is 18.2. The Morgan fingerprint density at radius 1 is 1.21 bits per heavy atom. The van der Waals surface area contributed by atoms with Crippen LogP contribution in [0.1, 0.15) is 69.4 Å². The number of phenolic OH excluding ortho intramolecular Hbond substituents is 1. The van der Waals surface area contributed by atoms with Gasteiger partial charge in [0.2, 0.25) is 0 Å². The highest BCUT2D eigenvalue weighted by molar-refractivity contribution is 5.72. The van der Waals surface area contributed by atoms with Gasteiger partial charge < -0.3 is 19.6 Å². The lowest BCUT2D eigenvalue weighted by molar-refractivity contribution is 0.120. The third-order valence-electron chi connectivity index (χ3n) is 6.15. The van der Waals surface area contributed by atoms with Crippen molar-refractivity contribution < 1.29 is 14.6 Å². The Balaban J connectivity index is 1.86. The van der Waals surface area contributed by atoms with Crippen LogP contribution in [0.5, 0.6) is 11.5 Å². The average molecular weight is 401 g/mol. The Kier molecular flexibility index (Phi) is 7.59. The van der Waals surface area contributed by atoms with Crippen LogP contribution in [0.4, 0.5) is 4.79 Å². The molecule has 3 rings (SSSR count). The minimum Gasteiger partial charge on any atom is -0.507 e. The second-order valence-electron chi connectivity index (χ2n) is 8.65. The maximum Gasteiger partial charge on any atom is 0.415 e. The normalized spacial score (nSPS) is 20.4. The number of aryl methyl sites for hydroxylation is 1. The summed E-state index contributed by atoms with van der Waals surface area (Å²) in [6.45, 7) is 7.38. The zero-order chi connectivity index (χ0) is 20.8. The number of allylic oxidation sites excluding steroid dienone is 2. The predicted octanol–water partition coefficient (Wildman–Crippen LogP) is 5.08. The Labute approximate surface area is 175 Å². The number of hydrogen-bond acceptors (Lipinski definition) is 4. The molecule has 5 heteroatoms. The molecule has 1 aromatic carbocycles. The summed E-state index contributed by atoms with van der Waals surface area (Å²) in [6, 6.07) is 3.85. The number of likely N-dealkylation sites (N-methyl/N-ethyl adjacent to an activating group) is 1. The van der Waals surface area contributed by atoms with Crippen molar-refractivity contribution in [2.24, 2.45) is 0 Å². The molecule has 1 aliphatic carbocycles. The summed E-state index contributed by atoms with van der Waals surface area (Å²) in [7, 11) is 2.07. The van der Waals surface area contributed by atoms with Crippen LogP contribution in [0, 0.1) is 0 Å². The van der Waals surface area contributed by atoms with Gasteiger partial charge in [0.25, 0.3) is 0 Å². The van der Waals surface area contributed by atoms with Crippen LogP contribution >= 0.6 is 0 Å². The smallest absolute Gasteiger partial charge is 0.415 e. The van der Waals surface area contributed by atoms with Gasteiger partial charge in [-0.15, -0.1) is 0 Å². The van der Waals surface area contributed by atoms with E-state index in [0.29, 0.717) is 18.8 Å². The van der Waals surface area contributed by atoms with Gasteiger partial charge in [-0.2, -0.15) is 0 Å². The third-order valence-corrected chi connectivity index (χ3v) is 6.15. The summed E-state index contributed by atoms with van der Waals surface area (Å²) in [6.07, 6.45) is 9.36. The fraction of sp³-hybridized carbons (Fsp3) is 0.625. The van der Waals surface area contributed by atoms with Crippen molar-refractivity contribution in [3.05, 3.63) is 34.9 Å². The molecular weight excluding hydrogens is 364 g/mol.